The average molecular weight is 548 g/mol. The van der Waals surface area contributed by atoms with Gasteiger partial charge in [0.15, 0.2) is 5.82 Å². The minimum Gasteiger partial charge on any atom is -0.444 e. The first kappa shape index (κ1) is 24.8. The molecule has 0 unspecified atom stereocenters. The molecule has 1 aromatic carbocycles. The zero-order valence-corrected chi connectivity index (χ0v) is 21.9. The van der Waals surface area contributed by atoms with Crippen molar-refractivity contribution in [3.05, 3.63) is 34.3 Å². The number of amides is 4. The number of rotatable bonds is 3. The van der Waals surface area contributed by atoms with Crippen LogP contribution in [0.4, 0.5) is 26.9 Å². The number of piperazine rings is 1. The summed E-state index contributed by atoms with van der Waals surface area (Å²) >= 11 is 3.54. The molecule has 0 aliphatic carbocycles. The Morgan fingerprint density at radius 2 is 1.66 bits per heavy atom. The number of hydrogen-bond acceptors (Lipinski definition) is 6. The van der Waals surface area contributed by atoms with Gasteiger partial charge < -0.3 is 24.8 Å². The van der Waals surface area contributed by atoms with Crippen molar-refractivity contribution < 1.29 is 19.1 Å². The van der Waals surface area contributed by atoms with E-state index < -0.39 is 5.60 Å². The van der Waals surface area contributed by atoms with E-state index in [-0.39, 0.29) is 18.0 Å². The number of anilines is 3. The maximum atomic E-state index is 13.3. The van der Waals surface area contributed by atoms with Crippen molar-refractivity contribution in [3.8, 4) is 0 Å². The van der Waals surface area contributed by atoms with Crippen molar-refractivity contribution in [2.24, 2.45) is 0 Å². The highest BCUT2D eigenvalue weighted by atomic mass is 79.9. The minimum absolute atomic E-state index is 0.0916. The molecule has 1 saturated heterocycles. The molecule has 35 heavy (non-hydrogen) atoms. The van der Waals surface area contributed by atoms with Gasteiger partial charge in [0.05, 0.1) is 6.54 Å². The highest BCUT2D eigenvalue weighted by Gasteiger charge is 2.29. The van der Waals surface area contributed by atoms with Crippen molar-refractivity contribution in [2.75, 3.05) is 50.0 Å². The average Bonchev–Trinajstić information content (AvgIpc) is 3.37. The quantitative estimate of drug-likeness (QED) is 0.610. The van der Waals surface area contributed by atoms with Crippen molar-refractivity contribution >= 4 is 51.3 Å². The maximum Gasteiger partial charge on any atom is 0.410 e. The largest absolute Gasteiger partial charge is 0.444 e. The van der Waals surface area contributed by atoms with Crippen LogP contribution in [0.1, 0.15) is 31.1 Å². The van der Waals surface area contributed by atoms with E-state index in [2.05, 4.69) is 36.6 Å². The summed E-state index contributed by atoms with van der Waals surface area (Å²) in [6.07, 6.45) is -0.356. The molecule has 0 saturated carbocycles. The van der Waals surface area contributed by atoms with Gasteiger partial charge in [0.1, 0.15) is 11.4 Å². The van der Waals surface area contributed by atoms with Gasteiger partial charge in [-0.15, -0.1) is 0 Å². The lowest BCUT2D eigenvalue weighted by Crippen LogP contribution is -2.51. The second-order valence-corrected chi connectivity index (χ2v) is 10.3. The smallest absolute Gasteiger partial charge is 0.410 e. The van der Waals surface area contributed by atoms with Crippen LogP contribution in [0, 0.1) is 0 Å². The van der Waals surface area contributed by atoms with E-state index in [1.807, 2.05) is 37.6 Å². The van der Waals surface area contributed by atoms with Gasteiger partial charge in [0.2, 0.25) is 0 Å². The molecular formula is C23H30BrN7O4. The predicted octanol–water partition coefficient (Wildman–Crippen LogP) is 3.24. The molecule has 3 heterocycles. The SMILES string of the molecule is CNC(=O)Nc1cc2n(n1)CCN2c1cc(Br)cc(C(=O)N2CCN(C(=O)OC(C)(C)C)CC2)c1. The monoisotopic (exact) mass is 547 g/mol. The third-order valence-corrected chi connectivity index (χ3v) is 6.16. The normalized spacial score (nSPS) is 15.6. The first-order valence-electron chi connectivity index (χ1n) is 11.5. The summed E-state index contributed by atoms with van der Waals surface area (Å²) in [5, 5.41) is 9.62. The summed E-state index contributed by atoms with van der Waals surface area (Å²) in [4.78, 5) is 42.7. The van der Waals surface area contributed by atoms with E-state index in [9.17, 15) is 14.4 Å². The summed E-state index contributed by atoms with van der Waals surface area (Å²) < 4.78 is 8.05. The number of urea groups is 1. The van der Waals surface area contributed by atoms with Crippen LogP contribution >= 0.6 is 15.9 Å². The summed E-state index contributed by atoms with van der Waals surface area (Å²) in [7, 11) is 1.54. The standard InChI is InChI=1S/C23H30BrN7O4/c1-23(2,3)35-22(34)29-7-5-28(6-8-29)20(32)15-11-16(24)13-17(12-15)30-9-10-31-19(30)14-18(27-31)26-21(33)25-4/h11-14H,5-10H2,1-4H3,(H2,25,26,27,33). The zero-order valence-electron chi connectivity index (χ0n) is 20.3. The van der Waals surface area contributed by atoms with Gasteiger partial charge in [-0.2, -0.15) is 5.10 Å². The Kier molecular flexibility index (Phi) is 6.93. The van der Waals surface area contributed by atoms with Gasteiger partial charge in [-0.1, -0.05) is 15.9 Å². The van der Waals surface area contributed by atoms with Gasteiger partial charge >= 0.3 is 12.1 Å². The van der Waals surface area contributed by atoms with Gasteiger partial charge in [-0.3, -0.25) is 10.1 Å². The number of aromatic nitrogens is 2. The molecule has 4 rings (SSSR count). The van der Waals surface area contributed by atoms with Crippen LogP contribution in [0.15, 0.2) is 28.7 Å². The number of hydrogen-bond donors (Lipinski definition) is 2. The van der Waals surface area contributed by atoms with E-state index in [1.165, 1.54) is 0 Å². The molecule has 2 aromatic rings. The van der Waals surface area contributed by atoms with Crippen LogP contribution in [0.2, 0.25) is 0 Å². The molecule has 11 nitrogen and oxygen atoms in total. The predicted molar refractivity (Wildman–Crippen MR) is 135 cm³/mol. The first-order valence-corrected chi connectivity index (χ1v) is 12.3. The van der Waals surface area contributed by atoms with Gasteiger partial charge in [-0.05, 0) is 39.0 Å². The maximum absolute atomic E-state index is 13.3. The highest BCUT2D eigenvalue weighted by molar-refractivity contribution is 9.10. The Bertz CT molecular complexity index is 1140. The van der Waals surface area contributed by atoms with Gasteiger partial charge in [0.25, 0.3) is 5.91 Å². The Labute approximate surface area is 212 Å². The molecular weight excluding hydrogens is 518 g/mol. The van der Waals surface area contributed by atoms with E-state index in [1.54, 1.807) is 29.0 Å². The van der Waals surface area contributed by atoms with Gasteiger partial charge in [-0.25, -0.2) is 14.3 Å². The lowest BCUT2D eigenvalue weighted by molar-refractivity contribution is 0.0141. The van der Waals surface area contributed by atoms with E-state index >= 15 is 0 Å². The molecule has 0 spiro atoms. The zero-order chi connectivity index (χ0) is 25.3. The summed E-state index contributed by atoms with van der Waals surface area (Å²) in [6.45, 7) is 8.58. The molecule has 0 atom stereocenters. The van der Waals surface area contributed by atoms with E-state index in [0.717, 1.165) is 16.0 Å². The van der Waals surface area contributed by atoms with Crippen molar-refractivity contribution in [2.45, 2.75) is 32.9 Å². The van der Waals surface area contributed by atoms with Crippen LogP contribution in [0.3, 0.4) is 0 Å². The number of nitrogens with one attached hydrogen (secondary N) is 2. The molecule has 188 valence electrons. The van der Waals surface area contributed by atoms with Crippen LogP contribution in [0.5, 0.6) is 0 Å². The molecule has 2 aliphatic rings. The van der Waals surface area contributed by atoms with Crippen LogP contribution in [-0.4, -0.2) is 83.0 Å². The molecule has 1 fully saturated rings. The summed E-state index contributed by atoms with van der Waals surface area (Å²) in [6, 6.07) is 7.09. The number of fused-ring (bicyclic) bond motifs is 1. The number of halogens is 1. The minimum atomic E-state index is -0.555. The Balaban J connectivity index is 1.46. The highest BCUT2D eigenvalue weighted by Crippen LogP contribution is 2.34. The van der Waals surface area contributed by atoms with E-state index in [4.69, 9.17) is 4.74 Å². The Morgan fingerprint density at radius 1 is 0.971 bits per heavy atom. The molecule has 4 amide bonds. The fraction of sp³-hybridized carbons (Fsp3) is 0.478. The third-order valence-electron chi connectivity index (χ3n) is 5.70. The fourth-order valence-electron chi connectivity index (χ4n) is 4.05. The fourth-order valence-corrected chi connectivity index (χ4v) is 4.54. The van der Waals surface area contributed by atoms with Crippen molar-refractivity contribution in [1.29, 1.82) is 0 Å². The Morgan fingerprint density at radius 3 is 2.31 bits per heavy atom. The number of benzene rings is 1. The van der Waals surface area contributed by atoms with Crippen molar-refractivity contribution in [1.82, 2.24) is 24.9 Å². The second kappa shape index (κ2) is 9.76. The van der Waals surface area contributed by atoms with Crippen LogP contribution in [-0.2, 0) is 11.3 Å². The van der Waals surface area contributed by atoms with Gasteiger partial charge in [0, 0.05) is 61.6 Å². The topological polar surface area (TPSA) is 112 Å². The second-order valence-electron chi connectivity index (χ2n) is 9.42. The summed E-state index contributed by atoms with van der Waals surface area (Å²) in [5.41, 5.74) is 0.850. The first-order chi connectivity index (χ1) is 16.5. The molecule has 2 N–H and O–H groups in total. The number of carbonyl (C=O) groups is 3. The Hall–Kier alpha value is -3.28. The molecule has 2 aliphatic heterocycles. The number of ether oxygens (including phenoxy) is 1. The molecule has 1 aromatic heterocycles. The third kappa shape index (κ3) is 5.69. The number of carbonyl (C=O) groups excluding carboxylic acids is 3. The lowest BCUT2D eigenvalue weighted by atomic mass is 10.1. The summed E-state index contributed by atoms with van der Waals surface area (Å²) in [5.74, 6) is 1.20. The lowest BCUT2D eigenvalue weighted by Gasteiger charge is -2.35. The molecule has 0 radical (unpaired) electrons. The number of nitrogens with zero attached hydrogens (tertiary/aromatic N) is 5. The van der Waals surface area contributed by atoms with E-state index in [0.29, 0.717) is 50.6 Å². The molecule has 0 bridgehead atoms. The van der Waals surface area contributed by atoms with Crippen molar-refractivity contribution in [3.63, 3.8) is 0 Å². The molecule has 12 heteroatoms. The van der Waals surface area contributed by atoms with Crippen LogP contribution < -0.4 is 15.5 Å². The van der Waals surface area contributed by atoms with Crippen LogP contribution in [0.25, 0.3) is 0 Å².